The van der Waals surface area contributed by atoms with Crippen molar-refractivity contribution in [2.24, 2.45) is 0 Å². The first kappa shape index (κ1) is 13.2. The topological polar surface area (TPSA) is 70.4 Å². The van der Waals surface area contributed by atoms with E-state index in [1.54, 1.807) is 17.8 Å². The van der Waals surface area contributed by atoms with Gasteiger partial charge in [-0.05, 0) is 13.8 Å². The lowest BCUT2D eigenvalue weighted by atomic mass is 10.2. The summed E-state index contributed by atoms with van der Waals surface area (Å²) < 4.78 is 10.9. The van der Waals surface area contributed by atoms with E-state index in [1.165, 1.54) is 13.3 Å². The number of aromatic nitrogens is 2. The third-order valence-corrected chi connectivity index (χ3v) is 2.25. The molecule has 1 aromatic heterocycles. The van der Waals surface area contributed by atoms with Gasteiger partial charge >= 0.3 is 11.9 Å². The smallest absolute Gasteiger partial charge is 0.341 e. The monoisotopic (exact) mass is 240 g/mol. The molecular formula is C11H16N2O4. The van der Waals surface area contributed by atoms with Gasteiger partial charge < -0.3 is 9.47 Å². The van der Waals surface area contributed by atoms with Gasteiger partial charge in [-0.2, -0.15) is 5.10 Å². The van der Waals surface area contributed by atoms with E-state index in [2.05, 4.69) is 9.84 Å². The molecule has 0 N–H and O–H groups in total. The third-order valence-electron chi connectivity index (χ3n) is 2.25. The maximum Gasteiger partial charge on any atom is 0.341 e. The molecule has 17 heavy (non-hydrogen) atoms. The van der Waals surface area contributed by atoms with Gasteiger partial charge in [-0.15, -0.1) is 0 Å². The molecule has 0 saturated heterocycles. The second-order valence-corrected chi connectivity index (χ2v) is 3.56. The average Bonchev–Trinajstić information content (AvgIpc) is 2.78. The van der Waals surface area contributed by atoms with Crippen molar-refractivity contribution in [3.63, 3.8) is 0 Å². The number of esters is 2. The molecule has 0 aliphatic carbocycles. The molecule has 1 heterocycles. The van der Waals surface area contributed by atoms with E-state index in [0.29, 0.717) is 12.2 Å². The van der Waals surface area contributed by atoms with Gasteiger partial charge in [-0.3, -0.25) is 9.48 Å². The van der Waals surface area contributed by atoms with Crippen molar-refractivity contribution in [1.29, 1.82) is 0 Å². The Hall–Kier alpha value is -1.85. The van der Waals surface area contributed by atoms with Crippen LogP contribution in [-0.2, 0) is 14.3 Å². The van der Waals surface area contributed by atoms with E-state index in [1.807, 2.05) is 6.92 Å². The molecule has 94 valence electrons. The second-order valence-electron chi connectivity index (χ2n) is 3.56. The Kier molecular flexibility index (Phi) is 4.68. The second kappa shape index (κ2) is 6.03. The first-order chi connectivity index (χ1) is 8.08. The number of hydrogen-bond acceptors (Lipinski definition) is 5. The number of hydrogen-bond donors (Lipinski definition) is 0. The Morgan fingerprint density at radius 3 is 2.82 bits per heavy atom. The van der Waals surface area contributed by atoms with E-state index >= 15 is 0 Å². The number of ether oxygens (including phenoxy) is 2. The fourth-order valence-corrected chi connectivity index (χ4v) is 1.32. The Morgan fingerprint density at radius 1 is 1.53 bits per heavy atom. The van der Waals surface area contributed by atoms with Crippen LogP contribution in [0.15, 0.2) is 12.4 Å². The predicted molar refractivity (Wildman–Crippen MR) is 59.5 cm³/mol. The zero-order chi connectivity index (χ0) is 12.8. The summed E-state index contributed by atoms with van der Waals surface area (Å²) in [5, 5.41) is 4.01. The molecule has 6 heteroatoms. The maximum absolute atomic E-state index is 11.4. The van der Waals surface area contributed by atoms with Gasteiger partial charge in [-0.25, -0.2) is 4.79 Å². The van der Waals surface area contributed by atoms with Crippen molar-refractivity contribution in [3.8, 4) is 0 Å². The molecular weight excluding hydrogens is 224 g/mol. The highest BCUT2D eigenvalue weighted by Crippen LogP contribution is 2.12. The Labute approximate surface area is 99.5 Å². The van der Waals surface area contributed by atoms with Crippen LogP contribution in [0.5, 0.6) is 0 Å². The Balaban J connectivity index is 2.67. The summed E-state index contributed by atoms with van der Waals surface area (Å²) in [6, 6.07) is -0.161. The van der Waals surface area contributed by atoms with Crippen molar-refractivity contribution < 1.29 is 19.1 Å². The summed E-state index contributed by atoms with van der Waals surface area (Å²) in [5.41, 5.74) is 0.378. The summed E-state index contributed by atoms with van der Waals surface area (Å²) in [4.78, 5) is 22.5. The van der Waals surface area contributed by atoms with Crippen LogP contribution in [-0.4, -0.2) is 35.4 Å². The molecule has 0 saturated carbocycles. The normalized spacial score (nSPS) is 11.9. The van der Waals surface area contributed by atoms with Crippen LogP contribution >= 0.6 is 0 Å². The van der Waals surface area contributed by atoms with E-state index in [-0.39, 0.29) is 18.4 Å². The molecule has 0 aliphatic rings. The van der Waals surface area contributed by atoms with Crippen LogP contribution < -0.4 is 0 Å². The third kappa shape index (κ3) is 3.58. The van der Waals surface area contributed by atoms with E-state index in [4.69, 9.17) is 4.74 Å². The summed E-state index contributed by atoms with van der Waals surface area (Å²) >= 11 is 0. The van der Waals surface area contributed by atoms with Crippen LogP contribution in [0.4, 0.5) is 0 Å². The van der Waals surface area contributed by atoms with Gasteiger partial charge in [0.25, 0.3) is 0 Å². The Bertz CT molecular complexity index is 400. The standard InChI is InChI=1S/C11H16N2O4/c1-4-17-11(15)9-6-12-13(7-9)8(2)5-10(14)16-3/h6-8H,4-5H2,1-3H3. The van der Waals surface area contributed by atoms with Crippen molar-refractivity contribution in [2.45, 2.75) is 26.3 Å². The van der Waals surface area contributed by atoms with Crippen LogP contribution in [0.25, 0.3) is 0 Å². The zero-order valence-corrected chi connectivity index (χ0v) is 10.2. The predicted octanol–water partition coefficient (Wildman–Crippen LogP) is 1.18. The fraction of sp³-hybridized carbons (Fsp3) is 0.545. The number of carbonyl (C=O) groups excluding carboxylic acids is 2. The maximum atomic E-state index is 11.4. The molecule has 1 unspecified atom stereocenters. The largest absolute Gasteiger partial charge is 0.469 e. The van der Waals surface area contributed by atoms with E-state index in [0.717, 1.165) is 0 Å². The summed E-state index contributed by atoms with van der Waals surface area (Å²) in [6.45, 7) is 3.88. The van der Waals surface area contributed by atoms with Crippen LogP contribution in [0.3, 0.4) is 0 Å². The molecule has 0 amide bonds. The first-order valence-corrected chi connectivity index (χ1v) is 5.36. The van der Waals surface area contributed by atoms with Crippen LogP contribution in [0.2, 0.25) is 0 Å². The minimum absolute atomic E-state index is 0.161. The number of carbonyl (C=O) groups is 2. The van der Waals surface area contributed by atoms with E-state index < -0.39 is 5.97 Å². The highest BCUT2D eigenvalue weighted by atomic mass is 16.5. The minimum atomic E-state index is -0.413. The minimum Gasteiger partial charge on any atom is -0.469 e. The molecule has 1 aromatic rings. The summed E-state index contributed by atoms with van der Waals surface area (Å²) in [5.74, 6) is -0.727. The molecule has 0 radical (unpaired) electrons. The molecule has 0 bridgehead atoms. The molecule has 0 fully saturated rings. The average molecular weight is 240 g/mol. The van der Waals surface area contributed by atoms with Gasteiger partial charge in [0.15, 0.2) is 0 Å². The van der Waals surface area contributed by atoms with Gasteiger partial charge in [0.1, 0.15) is 0 Å². The highest BCUT2D eigenvalue weighted by molar-refractivity contribution is 5.88. The lowest BCUT2D eigenvalue weighted by molar-refractivity contribution is -0.141. The van der Waals surface area contributed by atoms with Gasteiger partial charge in [0.05, 0.1) is 37.9 Å². The van der Waals surface area contributed by atoms with Crippen LogP contribution in [0, 0.1) is 0 Å². The number of nitrogens with zero attached hydrogens (tertiary/aromatic N) is 2. The zero-order valence-electron chi connectivity index (χ0n) is 10.2. The summed E-state index contributed by atoms with van der Waals surface area (Å²) in [6.07, 6.45) is 3.19. The van der Waals surface area contributed by atoms with Gasteiger partial charge in [0, 0.05) is 6.20 Å². The molecule has 1 rings (SSSR count). The Morgan fingerprint density at radius 2 is 2.24 bits per heavy atom. The molecule has 0 spiro atoms. The fourth-order valence-electron chi connectivity index (χ4n) is 1.32. The van der Waals surface area contributed by atoms with Crippen LogP contribution in [0.1, 0.15) is 36.7 Å². The van der Waals surface area contributed by atoms with Crippen molar-refractivity contribution in [1.82, 2.24) is 9.78 Å². The SMILES string of the molecule is CCOC(=O)c1cnn(C(C)CC(=O)OC)c1. The lowest BCUT2D eigenvalue weighted by Gasteiger charge is -2.09. The summed E-state index contributed by atoms with van der Waals surface area (Å²) in [7, 11) is 1.34. The number of methoxy groups -OCH3 is 1. The molecule has 1 atom stereocenters. The number of rotatable bonds is 5. The molecule has 6 nitrogen and oxygen atoms in total. The van der Waals surface area contributed by atoms with Crippen molar-refractivity contribution in [2.75, 3.05) is 13.7 Å². The van der Waals surface area contributed by atoms with E-state index in [9.17, 15) is 9.59 Å². The van der Waals surface area contributed by atoms with Crippen molar-refractivity contribution in [3.05, 3.63) is 18.0 Å². The first-order valence-electron chi connectivity index (χ1n) is 5.36. The van der Waals surface area contributed by atoms with Crippen molar-refractivity contribution >= 4 is 11.9 Å². The van der Waals surface area contributed by atoms with Gasteiger partial charge in [0.2, 0.25) is 0 Å². The van der Waals surface area contributed by atoms with Gasteiger partial charge in [-0.1, -0.05) is 0 Å². The molecule has 0 aliphatic heterocycles. The lowest BCUT2D eigenvalue weighted by Crippen LogP contribution is -2.12. The molecule has 0 aromatic carbocycles. The highest BCUT2D eigenvalue weighted by Gasteiger charge is 2.15. The quantitative estimate of drug-likeness (QED) is 0.723.